The predicted molar refractivity (Wildman–Crippen MR) is 70.4 cm³/mol. The van der Waals surface area contributed by atoms with Crippen molar-refractivity contribution in [1.82, 2.24) is 10.2 Å². The van der Waals surface area contributed by atoms with Crippen molar-refractivity contribution in [3.8, 4) is 0 Å². The summed E-state index contributed by atoms with van der Waals surface area (Å²) in [5.41, 5.74) is 0. The van der Waals surface area contributed by atoms with Crippen LogP contribution >= 0.6 is 0 Å². The molecule has 0 aromatic carbocycles. The minimum Gasteiger partial charge on any atom is -0.383 e. The van der Waals surface area contributed by atoms with Gasteiger partial charge >= 0.3 is 0 Å². The molecular formula is C13H28N2O2. The molecule has 1 atom stereocenters. The van der Waals surface area contributed by atoms with E-state index in [4.69, 9.17) is 9.47 Å². The molecular weight excluding hydrogens is 216 g/mol. The molecule has 1 heterocycles. The molecule has 1 aliphatic rings. The predicted octanol–water partition coefficient (Wildman–Crippen LogP) is 1.11. The Bertz CT molecular complexity index is 182. The third-order valence-corrected chi connectivity index (χ3v) is 3.38. The molecule has 0 amide bonds. The van der Waals surface area contributed by atoms with Crippen molar-refractivity contribution in [1.29, 1.82) is 0 Å². The van der Waals surface area contributed by atoms with E-state index in [0.29, 0.717) is 12.1 Å². The van der Waals surface area contributed by atoms with Crippen LogP contribution in [0.2, 0.25) is 0 Å². The summed E-state index contributed by atoms with van der Waals surface area (Å²) in [6.45, 7) is 10.2. The van der Waals surface area contributed by atoms with Gasteiger partial charge in [-0.15, -0.1) is 0 Å². The van der Waals surface area contributed by atoms with E-state index in [2.05, 4.69) is 24.1 Å². The highest BCUT2D eigenvalue weighted by atomic mass is 16.5. The van der Waals surface area contributed by atoms with Gasteiger partial charge in [0.05, 0.1) is 12.7 Å². The minimum absolute atomic E-state index is 0.471. The molecule has 4 heteroatoms. The summed E-state index contributed by atoms with van der Waals surface area (Å²) in [6, 6.07) is 0.502. The fraction of sp³-hybridized carbons (Fsp3) is 1.00. The van der Waals surface area contributed by atoms with E-state index in [1.165, 1.54) is 0 Å². The number of nitrogens with zero attached hydrogens (tertiary/aromatic N) is 1. The summed E-state index contributed by atoms with van der Waals surface area (Å²) in [6.07, 6.45) is 2.78. The SMILES string of the molecule is CCNCC(COC)N1CCC(OCC)CC1. The Morgan fingerprint density at radius 3 is 2.53 bits per heavy atom. The Hall–Kier alpha value is -0.160. The molecule has 0 bridgehead atoms. The van der Waals surface area contributed by atoms with Crippen LogP contribution in [-0.4, -0.2) is 63.5 Å². The van der Waals surface area contributed by atoms with Crippen LogP contribution < -0.4 is 5.32 Å². The van der Waals surface area contributed by atoms with Gasteiger partial charge in [0.2, 0.25) is 0 Å². The molecule has 1 unspecified atom stereocenters. The van der Waals surface area contributed by atoms with Crippen molar-refractivity contribution in [2.75, 3.05) is 46.5 Å². The normalized spacial score (nSPS) is 20.6. The Morgan fingerprint density at radius 2 is 2.00 bits per heavy atom. The number of hydrogen-bond acceptors (Lipinski definition) is 4. The summed E-state index contributed by atoms with van der Waals surface area (Å²) in [4.78, 5) is 2.53. The van der Waals surface area contributed by atoms with Crippen molar-refractivity contribution in [3.05, 3.63) is 0 Å². The standard InChI is InChI=1S/C13H28N2O2/c1-4-14-10-12(11-16-3)15-8-6-13(7-9-15)17-5-2/h12-14H,4-11H2,1-3H3. The van der Waals surface area contributed by atoms with E-state index in [1.807, 2.05) is 0 Å². The number of rotatable bonds is 8. The van der Waals surface area contributed by atoms with Crippen LogP contribution in [-0.2, 0) is 9.47 Å². The van der Waals surface area contributed by atoms with Crippen molar-refractivity contribution in [2.45, 2.75) is 38.8 Å². The zero-order valence-corrected chi connectivity index (χ0v) is 11.6. The second-order valence-electron chi connectivity index (χ2n) is 4.61. The average Bonchev–Trinajstić information content (AvgIpc) is 2.36. The molecule has 1 aliphatic heterocycles. The van der Waals surface area contributed by atoms with E-state index in [0.717, 1.165) is 52.2 Å². The second kappa shape index (κ2) is 8.86. The second-order valence-corrected chi connectivity index (χ2v) is 4.61. The maximum absolute atomic E-state index is 5.68. The van der Waals surface area contributed by atoms with Gasteiger partial charge in [-0.3, -0.25) is 4.90 Å². The zero-order valence-electron chi connectivity index (χ0n) is 11.6. The molecule has 1 fully saturated rings. The fourth-order valence-corrected chi connectivity index (χ4v) is 2.44. The smallest absolute Gasteiger partial charge is 0.0630 e. The number of methoxy groups -OCH3 is 1. The Balaban J connectivity index is 2.31. The number of likely N-dealkylation sites (tertiary alicyclic amines) is 1. The Kier molecular flexibility index (Phi) is 7.77. The third kappa shape index (κ3) is 5.34. The molecule has 1 N–H and O–H groups in total. The van der Waals surface area contributed by atoms with Crippen LogP contribution in [0.4, 0.5) is 0 Å². The highest BCUT2D eigenvalue weighted by Gasteiger charge is 2.24. The largest absolute Gasteiger partial charge is 0.383 e. The highest BCUT2D eigenvalue weighted by Crippen LogP contribution is 2.16. The molecule has 17 heavy (non-hydrogen) atoms. The first-order chi connectivity index (χ1) is 8.31. The molecule has 0 aromatic heterocycles. The summed E-state index contributed by atoms with van der Waals surface area (Å²) in [5, 5.41) is 3.41. The van der Waals surface area contributed by atoms with Crippen molar-refractivity contribution in [2.24, 2.45) is 0 Å². The van der Waals surface area contributed by atoms with Crippen molar-refractivity contribution in [3.63, 3.8) is 0 Å². The maximum atomic E-state index is 5.68. The first-order valence-electron chi connectivity index (χ1n) is 6.87. The quantitative estimate of drug-likeness (QED) is 0.693. The fourth-order valence-electron chi connectivity index (χ4n) is 2.44. The van der Waals surface area contributed by atoms with Gasteiger partial charge in [0, 0.05) is 39.4 Å². The Morgan fingerprint density at radius 1 is 1.29 bits per heavy atom. The Labute approximate surface area is 106 Å². The van der Waals surface area contributed by atoms with Gasteiger partial charge in [0.1, 0.15) is 0 Å². The van der Waals surface area contributed by atoms with Gasteiger partial charge in [0.15, 0.2) is 0 Å². The highest BCUT2D eigenvalue weighted by molar-refractivity contribution is 4.80. The molecule has 0 spiro atoms. The van der Waals surface area contributed by atoms with Crippen LogP contribution in [0.3, 0.4) is 0 Å². The van der Waals surface area contributed by atoms with Gasteiger partial charge in [-0.25, -0.2) is 0 Å². The van der Waals surface area contributed by atoms with Crippen LogP contribution in [0.25, 0.3) is 0 Å². The molecule has 102 valence electrons. The van der Waals surface area contributed by atoms with Gasteiger partial charge in [-0.1, -0.05) is 6.92 Å². The zero-order chi connectivity index (χ0) is 12.5. The van der Waals surface area contributed by atoms with E-state index < -0.39 is 0 Å². The first-order valence-corrected chi connectivity index (χ1v) is 6.87. The number of piperidine rings is 1. The van der Waals surface area contributed by atoms with Crippen LogP contribution in [0.15, 0.2) is 0 Å². The molecule has 1 saturated heterocycles. The monoisotopic (exact) mass is 244 g/mol. The van der Waals surface area contributed by atoms with Gasteiger partial charge in [0.25, 0.3) is 0 Å². The average molecular weight is 244 g/mol. The lowest BCUT2D eigenvalue weighted by atomic mass is 10.1. The van der Waals surface area contributed by atoms with E-state index in [9.17, 15) is 0 Å². The molecule has 0 saturated carbocycles. The summed E-state index contributed by atoms with van der Waals surface area (Å²) >= 11 is 0. The minimum atomic E-state index is 0.471. The lowest BCUT2D eigenvalue weighted by molar-refractivity contribution is -0.00680. The van der Waals surface area contributed by atoms with Gasteiger partial charge in [-0.2, -0.15) is 0 Å². The number of nitrogens with one attached hydrogen (secondary N) is 1. The summed E-state index contributed by atoms with van der Waals surface area (Å²) in [5.74, 6) is 0. The van der Waals surface area contributed by atoms with E-state index in [1.54, 1.807) is 7.11 Å². The summed E-state index contributed by atoms with van der Waals surface area (Å²) < 4.78 is 11.0. The first kappa shape index (κ1) is 14.9. The van der Waals surface area contributed by atoms with E-state index >= 15 is 0 Å². The third-order valence-electron chi connectivity index (χ3n) is 3.38. The molecule has 4 nitrogen and oxygen atoms in total. The van der Waals surface area contributed by atoms with Crippen LogP contribution in [0, 0.1) is 0 Å². The van der Waals surface area contributed by atoms with Gasteiger partial charge < -0.3 is 14.8 Å². The lowest BCUT2D eigenvalue weighted by Crippen LogP contribution is -2.49. The van der Waals surface area contributed by atoms with E-state index in [-0.39, 0.29) is 0 Å². The van der Waals surface area contributed by atoms with Crippen LogP contribution in [0.5, 0.6) is 0 Å². The van der Waals surface area contributed by atoms with Crippen molar-refractivity contribution >= 4 is 0 Å². The van der Waals surface area contributed by atoms with Gasteiger partial charge in [-0.05, 0) is 26.3 Å². The number of likely N-dealkylation sites (N-methyl/N-ethyl adjacent to an activating group) is 1. The molecule has 0 radical (unpaired) electrons. The summed E-state index contributed by atoms with van der Waals surface area (Å²) in [7, 11) is 1.78. The number of ether oxygens (including phenoxy) is 2. The van der Waals surface area contributed by atoms with Crippen molar-refractivity contribution < 1.29 is 9.47 Å². The number of hydrogen-bond donors (Lipinski definition) is 1. The lowest BCUT2D eigenvalue weighted by Gasteiger charge is -2.37. The molecule has 0 aliphatic carbocycles. The molecule has 0 aromatic rings. The topological polar surface area (TPSA) is 33.7 Å². The molecule has 1 rings (SSSR count). The van der Waals surface area contributed by atoms with Crippen LogP contribution in [0.1, 0.15) is 26.7 Å². The maximum Gasteiger partial charge on any atom is 0.0630 e.